The highest BCUT2D eigenvalue weighted by Gasteiger charge is 2.39. The van der Waals surface area contributed by atoms with Crippen LogP contribution in [0.3, 0.4) is 0 Å². The van der Waals surface area contributed by atoms with Gasteiger partial charge in [0.25, 0.3) is 0 Å². The molecule has 10 aromatic rings. The molecule has 0 fully saturated rings. The van der Waals surface area contributed by atoms with E-state index < -0.39 is 0 Å². The van der Waals surface area contributed by atoms with Crippen LogP contribution in [0.1, 0.15) is 76.3 Å². The second-order valence-electron chi connectivity index (χ2n) is 20.1. The highest BCUT2D eigenvalue weighted by molar-refractivity contribution is 6.73. The Morgan fingerprint density at radius 3 is 1.90 bits per heavy atom. The zero-order valence-electron chi connectivity index (χ0n) is 36.3. The molecule has 1 N–H and O–H groups in total. The largest absolute Gasteiger partial charge is 0.456 e. The Morgan fingerprint density at radius 2 is 1.18 bits per heavy atom. The first-order valence-electron chi connectivity index (χ1n) is 22.1. The summed E-state index contributed by atoms with van der Waals surface area (Å²) < 4.78 is 9.13. The number of rotatable bonds is 3. The molecule has 0 amide bonds. The van der Waals surface area contributed by atoms with Crippen molar-refractivity contribution >= 4 is 73.3 Å². The number of hydrogen-bond acceptors (Lipinski definition) is 2. The van der Waals surface area contributed by atoms with E-state index in [0.717, 1.165) is 39.0 Å². The summed E-state index contributed by atoms with van der Waals surface area (Å²) in [5, 5.41) is 8.80. The van der Waals surface area contributed by atoms with E-state index in [2.05, 4.69) is 211 Å². The summed E-state index contributed by atoms with van der Waals surface area (Å²) in [6, 6.07) is 54.7. The maximum atomic E-state index is 6.58. The van der Waals surface area contributed by atoms with Gasteiger partial charge in [0.15, 0.2) is 7.28 Å². The van der Waals surface area contributed by atoms with Crippen LogP contribution in [-0.2, 0) is 16.2 Å². The predicted octanol–water partition coefficient (Wildman–Crippen LogP) is 14.0. The fraction of sp³-hybridized carbons (Fsp3) is 0.172. The lowest BCUT2D eigenvalue weighted by molar-refractivity contribution is 0.590. The molecule has 62 heavy (non-hydrogen) atoms. The zero-order chi connectivity index (χ0) is 42.0. The Labute approximate surface area is 363 Å². The SMILES string of the molecule is CC(C)(C)c1ccc(Nc2cc3c(cc2-c2ccc4c5cc6c(cc5n5c4c2[B]c2cc4c(cc2-5)oc2ccccc24)-c2ccccc2C6(C)C)-c2ccccc2C3(C)C)cc1. The lowest BCUT2D eigenvalue weighted by atomic mass is 9.59. The molecule has 2 aromatic heterocycles. The van der Waals surface area contributed by atoms with E-state index in [-0.39, 0.29) is 16.2 Å². The summed E-state index contributed by atoms with van der Waals surface area (Å²) in [5.41, 5.74) is 24.3. The topological polar surface area (TPSA) is 30.1 Å². The fourth-order valence-electron chi connectivity index (χ4n) is 11.5. The first-order valence-corrected chi connectivity index (χ1v) is 22.1. The van der Waals surface area contributed by atoms with Crippen LogP contribution in [0.25, 0.3) is 82.8 Å². The van der Waals surface area contributed by atoms with Crippen LogP contribution in [0, 0.1) is 0 Å². The van der Waals surface area contributed by atoms with Gasteiger partial charge in [-0.3, -0.25) is 0 Å². The first kappa shape index (κ1) is 35.9. The van der Waals surface area contributed by atoms with Gasteiger partial charge in [0.1, 0.15) is 11.2 Å². The number of nitrogens with one attached hydrogen (secondary N) is 1. The molecule has 0 saturated carbocycles. The molecule has 0 bridgehead atoms. The molecule has 0 unspecified atom stereocenters. The summed E-state index contributed by atoms with van der Waals surface area (Å²) in [6.07, 6.45) is 0. The molecular formula is C58H46BN2O. The third kappa shape index (κ3) is 4.73. The van der Waals surface area contributed by atoms with Crippen LogP contribution in [-0.4, -0.2) is 11.8 Å². The minimum atomic E-state index is -0.141. The minimum absolute atomic E-state index is 0.0727. The van der Waals surface area contributed by atoms with Gasteiger partial charge in [-0.15, -0.1) is 0 Å². The molecule has 1 radical (unpaired) electrons. The van der Waals surface area contributed by atoms with Gasteiger partial charge in [-0.25, -0.2) is 0 Å². The molecule has 8 aromatic carbocycles. The number of benzene rings is 8. The smallest absolute Gasteiger partial charge is 0.197 e. The summed E-state index contributed by atoms with van der Waals surface area (Å²) in [4.78, 5) is 0. The van der Waals surface area contributed by atoms with E-state index >= 15 is 0 Å². The number of furan rings is 1. The van der Waals surface area contributed by atoms with Crippen LogP contribution in [0.4, 0.5) is 11.4 Å². The van der Waals surface area contributed by atoms with Crippen molar-refractivity contribution in [1.82, 2.24) is 4.57 Å². The van der Waals surface area contributed by atoms with E-state index in [0.29, 0.717) is 0 Å². The van der Waals surface area contributed by atoms with Crippen molar-refractivity contribution in [1.29, 1.82) is 0 Å². The average Bonchev–Trinajstić information content (AvgIpc) is 3.93. The van der Waals surface area contributed by atoms with E-state index in [1.165, 1.54) is 93.9 Å². The number of nitrogens with zero attached hydrogens (tertiary/aromatic N) is 1. The number of aromatic nitrogens is 1. The predicted molar refractivity (Wildman–Crippen MR) is 262 cm³/mol. The average molecular weight is 798 g/mol. The van der Waals surface area contributed by atoms with Crippen LogP contribution in [0.5, 0.6) is 0 Å². The molecule has 0 atom stereocenters. The van der Waals surface area contributed by atoms with Gasteiger partial charge in [0.05, 0.1) is 5.52 Å². The van der Waals surface area contributed by atoms with E-state index in [9.17, 15) is 0 Å². The molecule has 13 rings (SSSR count). The second kappa shape index (κ2) is 12.0. The molecule has 297 valence electrons. The highest BCUT2D eigenvalue weighted by atomic mass is 16.3. The zero-order valence-corrected chi connectivity index (χ0v) is 36.3. The maximum absolute atomic E-state index is 6.58. The molecule has 3 heterocycles. The Bertz CT molecular complexity index is 3610. The van der Waals surface area contributed by atoms with Crippen molar-refractivity contribution < 1.29 is 4.42 Å². The molecule has 2 aliphatic carbocycles. The number of hydrogen-bond donors (Lipinski definition) is 1. The van der Waals surface area contributed by atoms with Gasteiger partial charge < -0.3 is 14.3 Å². The van der Waals surface area contributed by atoms with Crippen molar-refractivity contribution in [3.05, 3.63) is 173 Å². The molecule has 3 aliphatic rings. The molecule has 0 saturated heterocycles. The summed E-state index contributed by atoms with van der Waals surface area (Å²) in [5.74, 6) is 0. The third-order valence-corrected chi connectivity index (χ3v) is 14.8. The lowest BCUT2D eigenvalue weighted by Crippen LogP contribution is -2.37. The van der Waals surface area contributed by atoms with Crippen LogP contribution in [0.15, 0.2) is 150 Å². The van der Waals surface area contributed by atoms with Crippen LogP contribution < -0.4 is 16.2 Å². The van der Waals surface area contributed by atoms with Crippen molar-refractivity contribution in [3.63, 3.8) is 0 Å². The Balaban J connectivity index is 1.11. The van der Waals surface area contributed by atoms with Gasteiger partial charge in [0, 0.05) is 66.6 Å². The Morgan fingerprint density at radius 1 is 0.516 bits per heavy atom. The van der Waals surface area contributed by atoms with Gasteiger partial charge in [0.2, 0.25) is 0 Å². The maximum Gasteiger partial charge on any atom is 0.197 e. The molecule has 0 spiro atoms. The highest BCUT2D eigenvalue weighted by Crippen LogP contribution is 2.54. The van der Waals surface area contributed by atoms with E-state index in [4.69, 9.17) is 4.42 Å². The summed E-state index contributed by atoms with van der Waals surface area (Å²) >= 11 is 0. The summed E-state index contributed by atoms with van der Waals surface area (Å²) in [6.45, 7) is 16.3. The normalized spacial score (nSPS) is 15.1. The molecular weight excluding hydrogens is 751 g/mol. The second-order valence-corrected chi connectivity index (χ2v) is 20.1. The van der Waals surface area contributed by atoms with E-state index in [1.54, 1.807) is 0 Å². The van der Waals surface area contributed by atoms with Gasteiger partial charge >= 0.3 is 0 Å². The van der Waals surface area contributed by atoms with Gasteiger partial charge in [-0.1, -0.05) is 151 Å². The fourth-order valence-corrected chi connectivity index (χ4v) is 11.5. The van der Waals surface area contributed by atoms with Crippen LogP contribution in [0.2, 0.25) is 0 Å². The Kier molecular flexibility index (Phi) is 6.94. The van der Waals surface area contributed by atoms with Crippen molar-refractivity contribution in [2.24, 2.45) is 0 Å². The van der Waals surface area contributed by atoms with Crippen molar-refractivity contribution in [2.45, 2.75) is 64.7 Å². The molecule has 4 heteroatoms. The number of fused-ring (bicyclic) bond motifs is 14. The quantitative estimate of drug-likeness (QED) is 0.181. The van der Waals surface area contributed by atoms with Gasteiger partial charge in [-0.05, 0) is 109 Å². The molecule has 3 nitrogen and oxygen atoms in total. The standard InChI is InChI=1S/C58H46BN2O/c1-56(2,3)32-20-22-33(23-21-32)60-49-30-47-39(34-14-8-11-17-44(34)58(47,6)7)26-41(49)37-24-25-38-42-27-46-40(35-15-9-12-18-45(35)57(46,4)5)29-50(42)61-51-31-53-43(28-48(51)59-54(37)55(38)61)36-16-10-13-19-52(36)62-53/h8-31,60H,1-7H3. The third-order valence-electron chi connectivity index (χ3n) is 14.8. The van der Waals surface area contributed by atoms with Gasteiger partial charge in [-0.2, -0.15) is 0 Å². The lowest BCUT2D eigenvalue weighted by Gasteiger charge is -2.26. The van der Waals surface area contributed by atoms with Crippen molar-refractivity contribution in [3.8, 4) is 39.1 Å². The summed E-state index contributed by atoms with van der Waals surface area (Å²) in [7, 11) is 2.45. The number of para-hydroxylation sites is 1. The molecule has 1 aliphatic heterocycles. The Hall–Kier alpha value is -6.78. The van der Waals surface area contributed by atoms with Crippen LogP contribution >= 0.6 is 0 Å². The first-order chi connectivity index (χ1) is 29.9. The monoisotopic (exact) mass is 797 g/mol. The minimum Gasteiger partial charge on any atom is -0.456 e. The van der Waals surface area contributed by atoms with Crippen molar-refractivity contribution in [2.75, 3.05) is 5.32 Å². The van der Waals surface area contributed by atoms with E-state index in [1.807, 2.05) is 0 Å². The number of anilines is 2.